The maximum Gasteiger partial charge on any atom is 0.304 e. The monoisotopic (exact) mass is 281 g/mol. The van der Waals surface area contributed by atoms with Crippen LogP contribution in [0.4, 0.5) is 10.1 Å². The van der Waals surface area contributed by atoms with E-state index in [-0.39, 0.29) is 0 Å². The van der Waals surface area contributed by atoms with Gasteiger partial charge in [-0.05, 0) is 37.6 Å². The maximum absolute atomic E-state index is 13.6. The van der Waals surface area contributed by atoms with Crippen LogP contribution in [0, 0.1) is 15.9 Å². The van der Waals surface area contributed by atoms with Crippen molar-refractivity contribution in [1.82, 2.24) is 10.2 Å². The molecule has 1 unspecified atom stereocenters. The minimum absolute atomic E-state index is 0.460. The largest absolute Gasteiger partial charge is 0.315 e. The van der Waals surface area contributed by atoms with Crippen molar-refractivity contribution in [3.63, 3.8) is 0 Å². The second kappa shape index (κ2) is 6.76. The minimum Gasteiger partial charge on any atom is -0.315 e. The Labute approximate surface area is 117 Å². The Morgan fingerprint density at radius 2 is 2.35 bits per heavy atom. The topological polar surface area (TPSA) is 58.4 Å². The average molecular weight is 281 g/mol. The van der Waals surface area contributed by atoms with Gasteiger partial charge in [-0.15, -0.1) is 0 Å². The number of nitrogens with zero attached hydrogens (tertiary/aromatic N) is 2. The molecule has 0 radical (unpaired) electrons. The van der Waals surface area contributed by atoms with E-state index in [1.807, 2.05) is 0 Å². The first-order chi connectivity index (χ1) is 9.61. The lowest BCUT2D eigenvalue weighted by Crippen LogP contribution is -2.36. The zero-order valence-electron chi connectivity index (χ0n) is 11.6. The zero-order valence-corrected chi connectivity index (χ0v) is 11.6. The van der Waals surface area contributed by atoms with Gasteiger partial charge in [-0.1, -0.05) is 13.0 Å². The van der Waals surface area contributed by atoms with Gasteiger partial charge >= 0.3 is 5.69 Å². The Morgan fingerprint density at radius 1 is 1.55 bits per heavy atom. The molecule has 2 rings (SSSR count). The summed E-state index contributed by atoms with van der Waals surface area (Å²) >= 11 is 0. The summed E-state index contributed by atoms with van der Waals surface area (Å²) in [6.45, 7) is 5.67. The molecule has 1 fully saturated rings. The van der Waals surface area contributed by atoms with Crippen LogP contribution < -0.4 is 5.32 Å². The Bertz CT molecular complexity index is 475. The fourth-order valence-corrected chi connectivity index (χ4v) is 2.66. The second-order valence-electron chi connectivity index (χ2n) is 5.16. The van der Waals surface area contributed by atoms with Crippen molar-refractivity contribution in [2.24, 2.45) is 0 Å². The predicted molar refractivity (Wildman–Crippen MR) is 75.0 cm³/mol. The molecule has 0 amide bonds. The van der Waals surface area contributed by atoms with E-state index in [0.717, 1.165) is 38.0 Å². The van der Waals surface area contributed by atoms with Gasteiger partial charge in [-0.3, -0.25) is 15.0 Å². The number of hydrogen-bond acceptors (Lipinski definition) is 4. The van der Waals surface area contributed by atoms with Crippen molar-refractivity contribution in [2.75, 3.05) is 19.6 Å². The lowest BCUT2D eigenvalue weighted by Gasteiger charge is -2.28. The third kappa shape index (κ3) is 3.52. The van der Waals surface area contributed by atoms with Crippen LogP contribution in [0.3, 0.4) is 0 Å². The van der Waals surface area contributed by atoms with Crippen molar-refractivity contribution in [3.05, 3.63) is 39.7 Å². The van der Waals surface area contributed by atoms with Gasteiger partial charge in [0.15, 0.2) is 0 Å². The van der Waals surface area contributed by atoms with Crippen LogP contribution in [-0.4, -0.2) is 35.5 Å². The minimum atomic E-state index is -0.756. The lowest BCUT2D eigenvalue weighted by atomic mass is 10.1. The number of rotatable bonds is 6. The van der Waals surface area contributed by atoms with Crippen LogP contribution in [0.25, 0.3) is 0 Å². The first kappa shape index (κ1) is 14.9. The van der Waals surface area contributed by atoms with Gasteiger partial charge in [0, 0.05) is 25.2 Å². The van der Waals surface area contributed by atoms with Gasteiger partial charge in [-0.2, -0.15) is 4.39 Å². The second-order valence-corrected chi connectivity index (χ2v) is 5.16. The van der Waals surface area contributed by atoms with Gasteiger partial charge in [-0.25, -0.2) is 0 Å². The molecular weight excluding hydrogens is 261 g/mol. The van der Waals surface area contributed by atoms with Crippen molar-refractivity contribution in [2.45, 2.75) is 32.4 Å². The molecule has 110 valence electrons. The smallest absolute Gasteiger partial charge is 0.304 e. The van der Waals surface area contributed by atoms with Crippen LogP contribution in [0.5, 0.6) is 0 Å². The molecule has 0 aliphatic carbocycles. The fraction of sp³-hybridized carbons (Fsp3) is 0.571. The van der Waals surface area contributed by atoms with Crippen molar-refractivity contribution in [3.8, 4) is 0 Å². The van der Waals surface area contributed by atoms with Gasteiger partial charge in [0.1, 0.15) is 0 Å². The molecule has 1 aliphatic rings. The molecular formula is C14H20FN3O2. The lowest BCUT2D eigenvalue weighted by molar-refractivity contribution is -0.387. The number of nitro benzene ring substituents is 1. The summed E-state index contributed by atoms with van der Waals surface area (Å²) in [6.07, 6.45) is 2.13. The van der Waals surface area contributed by atoms with E-state index in [1.54, 1.807) is 6.07 Å². The van der Waals surface area contributed by atoms with E-state index >= 15 is 0 Å². The highest BCUT2D eigenvalue weighted by Gasteiger charge is 2.22. The maximum atomic E-state index is 13.6. The fourth-order valence-electron chi connectivity index (χ4n) is 2.66. The number of nitrogens with one attached hydrogen (secondary N) is 1. The molecule has 1 aromatic carbocycles. The number of benzene rings is 1. The normalized spacial score (nSPS) is 18.6. The molecule has 0 bridgehead atoms. The van der Waals surface area contributed by atoms with E-state index in [9.17, 15) is 14.5 Å². The summed E-state index contributed by atoms with van der Waals surface area (Å²) in [5, 5.41) is 13.9. The summed E-state index contributed by atoms with van der Waals surface area (Å²) in [6, 6.07) is 4.64. The first-order valence-electron chi connectivity index (χ1n) is 6.99. The SMILES string of the molecule is CCCN(Cc1ccc([N+](=O)[O-])c(F)c1)C1CCNC1. The van der Waals surface area contributed by atoms with Gasteiger partial charge < -0.3 is 5.32 Å². The van der Waals surface area contributed by atoms with Crippen LogP contribution in [0.1, 0.15) is 25.3 Å². The molecule has 1 N–H and O–H groups in total. The molecule has 0 saturated carbocycles. The van der Waals surface area contributed by atoms with Crippen LogP contribution in [0.2, 0.25) is 0 Å². The van der Waals surface area contributed by atoms with E-state index < -0.39 is 16.4 Å². The summed E-state index contributed by atoms with van der Waals surface area (Å²) in [5.74, 6) is -0.756. The van der Waals surface area contributed by atoms with Gasteiger partial charge in [0.2, 0.25) is 5.82 Å². The van der Waals surface area contributed by atoms with Gasteiger partial charge in [0.25, 0.3) is 0 Å². The third-order valence-corrected chi connectivity index (χ3v) is 3.66. The van der Waals surface area contributed by atoms with Crippen molar-refractivity contribution < 1.29 is 9.31 Å². The standard InChI is InChI=1S/C14H20FN3O2/c1-2-7-17(12-5-6-16-9-12)10-11-3-4-14(18(19)20)13(15)8-11/h3-4,8,12,16H,2,5-7,9-10H2,1H3. The third-order valence-electron chi connectivity index (χ3n) is 3.66. The molecule has 1 heterocycles. The molecule has 1 aromatic rings. The Morgan fingerprint density at radius 3 is 2.90 bits per heavy atom. The molecule has 1 saturated heterocycles. The van der Waals surface area contributed by atoms with E-state index in [1.165, 1.54) is 12.1 Å². The molecule has 1 aliphatic heterocycles. The Balaban J connectivity index is 2.09. The number of nitro groups is 1. The van der Waals surface area contributed by atoms with E-state index in [4.69, 9.17) is 0 Å². The summed E-state index contributed by atoms with van der Waals surface area (Å²) in [7, 11) is 0. The predicted octanol–water partition coefficient (Wildman–Crippen LogP) is 2.31. The molecule has 6 heteroatoms. The van der Waals surface area contributed by atoms with Crippen molar-refractivity contribution in [1.29, 1.82) is 0 Å². The van der Waals surface area contributed by atoms with Gasteiger partial charge in [0.05, 0.1) is 4.92 Å². The molecule has 1 atom stereocenters. The first-order valence-corrected chi connectivity index (χ1v) is 6.99. The Kier molecular flexibility index (Phi) is 5.03. The molecule has 5 nitrogen and oxygen atoms in total. The van der Waals surface area contributed by atoms with Crippen molar-refractivity contribution >= 4 is 5.69 Å². The number of halogens is 1. The highest BCUT2D eigenvalue weighted by molar-refractivity contribution is 5.35. The highest BCUT2D eigenvalue weighted by atomic mass is 19.1. The summed E-state index contributed by atoms with van der Waals surface area (Å²) in [5.41, 5.74) is 0.326. The Hall–Kier alpha value is -1.53. The quantitative estimate of drug-likeness (QED) is 0.642. The van der Waals surface area contributed by atoms with Crippen LogP contribution in [-0.2, 0) is 6.54 Å². The van der Waals surface area contributed by atoms with E-state index in [0.29, 0.717) is 12.6 Å². The molecule has 0 spiro atoms. The zero-order chi connectivity index (χ0) is 14.5. The highest BCUT2D eigenvalue weighted by Crippen LogP contribution is 2.20. The van der Waals surface area contributed by atoms with Crippen LogP contribution in [0.15, 0.2) is 18.2 Å². The molecule has 20 heavy (non-hydrogen) atoms. The average Bonchev–Trinajstić information content (AvgIpc) is 2.91. The summed E-state index contributed by atoms with van der Waals surface area (Å²) in [4.78, 5) is 12.2. The van der Waals surface area contributed by atoms with Crippen LogP contribution >= 0.6 is 0 Å². The number of hydrogen-bond donors (Lipinski definition) is 1. The summed E-state index contributed by atoms with van der Waals surface area (Å²) < 4.78 is 13.6. The molecule has 0 aromatic heterocycles. The van der Waals surface area contributed by atoms with E-state index in [2.05, 4.69) is 17.1 Å².